The molecule has 0 aliphatic carbocycles. The summed E-state index contributed by atoms with van der Waals surface area (Å²) in [5.74, 6) is 0.149. The molecule has 4 heterocycles. The normalized spacial score (nSPS) is 22.3. The van der Waals surface area contributed by atoms with E-state index in [1.54, 1.807) is 6.26 Å². The van der Waals surface area contributed by atoms with Crippen LogP contribution in [0.1, 0.15) is 31.9 Å². The van der Waals surface area contributed by atoms with Crippen LogP contribution in [0.3, 0.4) is 0 Å². The molecule has 2 fully saturated rings. The number of pyridine rings is 1. The van der Waals surface area contributed by atoms with Crippen LogP contribution in [0.4, 0.5) is 4.39 Å². The fraction of sp³-hybridized carbons (Fsp3) is 0.367. The molecule has 1 N–H and O–H groups in total. The first kappa shape index (κ1) is 26.1. The predicted octanol–water partition coefficient (Wildman–Crippen LogP) is 5.47. The highest BCUT2D eigenvalue weighted by molar-refractivity contribution is 7.84. The average Bonchev–Trinajstić information content (AvgIpc) is 3.57. The van der Waals surface area contributed by atoms with Gasteiger partial charge in [-0.2, -0.15) is 0 Å². The standard InChI is InChI=1S/C30H31FN2O5S/c1-39(35)24-11-9-20(10-12-24)19-5-7-21(8-6-19)30-25(31)15-27-26(32-30)16-29(33(27)28-4-2-3-13-36-28)38-23-14-22(17-34)37-18-23/h5-12,15-16,22-23,28,34H,2-4,13-14,17-18H2,1H3/t22-,23-,28?,39?/m0/s1. The van der Waals surface area contributed by atoms with E-state index >= 15 is 4.39 Å². The van der Waals surface area contributed by atoms with E-state index in [4.69, 9.17) is 19.2 Å². The van der Waals surface area contributed by atoms with Crippen LogP contribution in [-0.2, 0) is 20.3 Å². The van der Waals surface area contributed by atoms with Crippen LogP contribution in [-0.4, -0.2) is 57.2 Å². The highest BCUT2D eigenvalue weighted by Gasteiger charge is 2.30. The minimum atomic E-state index is -1.03. The average molecular weight is 551 g/mol. The van der Waals surface area contributed by atoms with Crippen molar-refractivity contribution in [2.75, 3.05) is 26.1 Å². The Morgan fingerprint density at radius 2 is 1.77 bits per heavy atom. The van der Waals surface area contributed by atoms with Crippen molar-refractivity contribution < 1.29 is 27.9 Å². The fourth-order valence-corrected chi connectivity index (χ4v) is 5.85. The Kier molecular flexibility index (Phi) is 7.49. The lowest BCUT2D eigenvalue weighted by Crippen LogP contribution is -2.23. The van der Waals surface area contributed by atoms with Crippen LogP contribution < -0.4 is 4.74 Å². The lowest BCUT2D eigenvalue weighted by Gasteiger charge is -2.27. The number of fused-ring (bicyclic) bond motifs is 1. The lowest BCUT2D eigenvalue weighted by atomic mass is 10.0. The van der Waals surface area contributed by atoms with Crippen molar-refractivity contribution in [2.24, 2.45) is 0 Å². The number of benzene rings is 2. The third-order valence-electron chi connectivity index (χ3n) is 7.40. The van der Waals surface area contributed by atoms with Gasteiger partial charge in [0.05, 0.1) is 30.4 Å². The van der Waals surface area contributed by atoms with Gasteiger partial charge in [-0.15, -0.1) is 0 Å². The Morgan fingerprint density at radius 1 is 1.05 bits per heavy atom. The molecular formula is C30H31FN2O5S. The maximum atomic E-state index is 15.6. The van der Waals surface area contributed by atoms with Crippen molar-refractivity contribution in [3.63, 3.8) is 0 Å². The van der Waals surface area contributed by atoms with Gasteiger partial charge in [0.2, 0.25) is 0 Å². The number of aliphatic hydroxyl groups excluding tert-OH is 1. The van der Waals surface area contributed by atoms with Crippen LogP contribution in [0.25, 0.3) is 33.4 Å². The summed E-state index contributed by atoms with van der Waals surface area (Å²) >= 11 is 0. The number of halogens is 1. The maximum Gasteiger partial charge on any atom is 0.198 e. The molecule has 39 heavy (non-hydrogen) atoms. The van der Waals surface area contributed by atoms with Crippen molar-refractivity contribution >= 4 is 21.8 Å². The van der Waals surface area contributed by atoms with E-state index in [1.807, 2.05) is 59.2 Å². The number of ether oxygens (including phenoxy) is 3. The van der Waals surface area contributed by atoms with Crippen LogP contribution in [0, 0.1) is 5.82 Å². The minimum Gasteiger partial charge on any atom is -0.473 e. The van der Waals surface area contributed by atoms with Gasteiger partial charge in [-0.1, -0.05) is 36.4 Å². The highest BCUT2D eigenvalue weighted by Crippen LogP contribution is 2.37. The Balaban J connectivity index is 1.33. The second kappa shape index (κ2) is 11.2. The molecule has 2 saturated heterocycles. The van der Waals surface area contributed by atoms with Gasteiger partial charge in [0.15, 0.2) is 11.7 Å². The molecule has 7 nitrogen and oxygen atoms in total. The molecule has 4 aromatic rings. The SMILES string of the molecule is CS(=O)c1ccc(-c2ccc(-c3nc4cc(O[C@@H]5CO[C@H](CO)C5)n(C5CCCCO5)c4cc3F)cc2)cc1. The number of hydrogen-bond donors (Lipinski definition) is 1. The number of aromatic nitrogens is 2. The minimum absolute atomic E-state index is 0.0472. The molecule has 0 radical (unpaired) electrons. The Bertz CT molecular complexity index is 1480. The Hall–Kier alpha value is -3.11. The Labute approximate surface area is 229 Å². The van der Waals surface area contributed by atoms with Gasteiger partial charge < -0.3 is 19.3 Å². The van der Waals surface area contributed by atoms with Gasteiger partial charge in [0.1, 0.15) is 18.0 Å². The van der Waals surface area contributed by atoms with Crippen molar-refractivity contribution in [1.82, 2.24) is 9.55 Å². The van der Waals surface area contributed by atoms with E-state index in [2.05, 4.69) is 0 Å². The second-order valence-electron chi connectivity index (χ2n) is 10.1. The molecule has 0 spiro atoms. The molecule has 0 bridgehead atoms. The van der Waals surface area contributed by atoms with Crippen molar-refractivity contribution in [1.29, 1.82) is 0 Å². The van der Waals surface area contributed by atoms with Gasteiger partial charge in [-0.05, 0) is 42.5 Å². The maximum absolute atomic E-state index is 15.6. The summed E-state index contributed by atoms with van der Waals surface area (Å²) < 4.78 is 47.1. The molecule has 4 atom stereocenters. The summed E-state index contributed by atoms with van der Waals surface area (Å²) in [6.07, 6.45) is 4.35. The summed E-state index contributed by atoms with van der Waals surface area (Å²) in [7, 11) is -1.03. The van der Waals surface area contributed by atoms with E-state index in [-0.39, 0.29) is 30.7 Å². The molecule has 6 rings (SSSR count). The number of rotatable bonds is 7. The monoisotopic (exact) mass is 550 g/mol. The predicted molar refractivity (Wildman–Crippen MR) is 148 cm³/mol. The molecule has 2 aliphatic heterocycles. The lowest BCUT2D eigenvalue weighted by molar-refractivity contribution is -0.0350. The summed E-state index contributed by atoms with van der Waals surface area (Å²) in [6.45, 7) is 0.980. The van der Waals surface area contributed by atoms with E-state index in [0.29, 0.717) is 42.1 Å². The van der Waals surface area contributed by atoms with Crippen LogP contribution in [0.5, 0.6) is 5.88 Å². The van der Waals surface area contributed by atoms with E-state index in [0.717, 1.165) is 35.3 Å². The smallest absolute Gasteiger partial charge is 0.198 e. The highest BCUT2D eigenvalue weighted by atomic mass is 32.2. The molecular weight excluding hydrogens is 519 g/mol. The number of aliphatic hydroxyl groups is 1. The molecule has 2 unspecified atom stereocenters. The second-order valence-corrected chi connectivity index (χ2v) is 11.4. The third kappa shape index (κ3) is 5.36. The quantitative estimate of drug-likeness (QED) is 0.328. The van der Waals surface area contributed by atoms with E-state index < -0.39 is 16.6 Å². The summed E-state index contributed by atoms with van der Waals surface area (Å²) in [5, 5.41) is 9.44. The zero-order valence-electron chi connectivity index (χ0n) is 21.7. The molecule has 2 aliphatic rings. The van der Waals surface area contributed by atoms with Crippen molar-refractivity contribution in [3.8, 4) is 28.3 Å². The Morgan fingerprint density at radius 3 is 2.41 bits per heavy atom. The van der Waals surface area contributed by atoms with Crippen molar-refractivity contribution in [2.45, 2.75) is 49.0 Å². The zero-order chi connectivity index (χ0) is 26.9. The largest absolute Gasteiger partial charge is 0.473 e. The van der Waals surface area contributed by atoms with Gasteiger partial charge in [-0.3, -0.25) is 8.78 Å². The molecule has 0 saturated carbocycles. The zero-order valence-corrected chi connectivity index (χ0v) is 22.5. The molecule has 0 amide bonds. The van der Waals surface area contributed by atoms with Gasteiger partial charge in [0.25, 0.3) is 0 Å². The summed E-state index contributed by atoms with van der Waals surface area (Å²) in [5.41, 5.74) is 4.16. The van der Waals surface area contributed by atoms with Gasteiger partial charge >= 0.3 is 0 Å². The fourth-order valence-electron chi connectivity index (χ4n) is 5.33. The summed E-state index contributed by atoms with van der Waals surface area (Å²) in [6, 6.07) is 18.5. The van der Waals surface area contributed by atoms with Gasteiger partial charge in [0, 0.05) is 52.7 Å². The summed E-state index contributed by atoms with van der Waals surface area (Å²) in [4.78, 5) is 5.50. The number of nitrogens with zero attached hydrogens (tertiary/aromatic N) is 2. The van der Waals surface area contributed by atoms with Crippen LogP contribution >= 0.6 is 0 Å². The topological polar surface area (TPSA) is 82.8 Å². The molecule has 9 heteroatoms. The van der Waals surface area contributed by atoms with Crippen LogP contribution in [0.2, 0.25) is 0 Å². The van der Waals surface area contributed by atoms with Crippen molar-refractivity contribution in [3.05, 3.63) is 66.5 Å². The first-order valence-corrected chi connectivity index (χ1v) is 14.8. The molecule has 2 aromatic heterocycles. The van der Waals surface area contributed by atoms with Gasteiger partial charge in [-0.25, -0.2) is 9.37 Å². The number of hydrogen-bond acceptors (Lipinski definition) is 6. The first-order chi connectivity index (χ1) is 19.0. The van der Waals surface area contributed by atoms with E-state index in [1.165, 1.54) is 6.07 Å². The van der Waals surface area contributed by atoms with Crippen LogP contribution in [0.15, 0.2) is 65.6 Å². The molecule has 2 aromatic carbocycles. The first-order valence-electron chi connectivity index (χ1n) is 13.3. The van der Waals surface area contributed by atoms with E-state index in [9.17, 15) is 9.32 Å². The third-order valence-corrected chi connectivity index (χ3v) is 8.33. The molecule has 204 valence electrons.